The topological polar surface area (TPSA) is 27.7 Å². The van der Waals surface area contributed by atoms with E-state index in [0.717, 1.165) is 0 Å². The number of rotatable bonds is 5. The summed E-state index contributed by atoms with van der Waals surface area (Å²) in [5.41, 5.74) is 0. The zero-order chi connectivity index (χ0) is 9.83. The minimum absolute atomic E-state index is 0.716. The van der Waals surface area contributed by atoms with E-state index < -0.39 is 17.1 Å². The van der Waals surface area contributed by atoms with Crippen LogP contribution in [-0.2, 0) is 13.0 Å². The monoisotopic (exact) mass is 208 g/mol. The smallest absolute Gasteiger partial charge is 0.322 e. The van der Waals surface area contributed by atoms with Crippen LogP contribution in [0.4, 0.5) is 0 Å². The van der Waals surface area contributed by atoms with Crippen LogP contribution in [0.25, 0.3) is 0 Å². The molecule has 0 amide bonds. The molecule has 0 aliphatic carbocycles. The van der Waals surface area contributed by atoms with Gasteiger partial charge in [-0.15, -0.1) is 0 Å². The maximum Gasteiger partial charge on any atom is 0.322 e. The molecule has 5 heteroatoms. The average Bonchev–Trinajstić information content (AvgIpc) is 1.85. The Morgan fingerprint density at radius 1 is 1.00 bits per heavy atom. The van der Waals surface area contributed by atoms with Crippen molar-refractivity contribution >= 4 is 17.1 Å². The van der Waals surface area contributed by atoms with Crippen LogP contribution in [0, 0.1) is 0 Å². The van der Waals surface area contributed by atoms with Gasteiger partial charge in [0.05, 0.1) is 0 Å². The van der Waals surface area contributed by atoms with Crippen molar-refractivity contribution in [3.05, 3.63) is 0 Å². The van der Waals surface area contributed by atoms with Crippen LogP contribution in [0.1, 0.15) is 6.92 Å². The molecule has 0 bridgehead atoms. The van der Waals surface area contributed by atoms with E-state index in [4.69, 9.17) is 13.0 Å². The van der Waals surface area contributed by atoms with E-state index >= 15 is 0 Å². The van der Waals surface area contributed by atoms with Gasteiger partial charge >= 0.3 is 17.1 Å². The summed E-state index contributed by atoms with van der Waals surface area (Å²) in [4.78, 5) is 0. The molecule has 3 nitrogen and oxygen atoms in total. The first-order valence-electron chi connectivity index (χ1n) is 4.22. The first-order valence-corrected chi connectivity index (χ1v) is 9.85. The van der Waals surface area contributed by atoms with Crippen molar-refractivity contribution in [3.8, 4) is 0 Å². The lowest BCUT2D eigenvalue weighted by molar-refractivity contribution is 0.225. The molecule has 0 unspecified atom stereocenters. The van der Waals surface area contributed by atoms with Crippen molar-refractivity contribution in [1.29, 1.82) is 0 Å². The van der Waals surface area contributed by atoms with Crippen molar-refractivity contribution in [2.24, 2.45) is 0 Å². The minimum Gasteiger partial charge on any atom is -0.415 e. The predicted molar refractivity (Wildman–Crippen MR) is 54.7 cm³/mol. The third kappa shape index (κ3) is 5.05. The summed E-state index contributed by atoms with van der Waals surface area (Å²) >= 11 is 0. The molecule has 0 saturated heterocycles. The van der Waals surface area contributed by atoms with Crippen LogP contribution in [0.2, 0.25) is 26.2 Å². The molecule has 0 radical (unpaired) electrons. The van der Waals surface area contributed by atoms with Crippen molar-refractivity contribution in [3.63, 3.8) is 0 Å². The SMILES string of the molecule is CCO[Si](C)(C)O[Si](C)(C)OC. The Hall–Kier alpha value is 0.314. The molecule has 12 heavy (non-hydrogen) atoms. The molecule has 74 valence electrons. The van der Waals surface area contributed by atoms with Crippen molar-refractivity contribution in [1.82, 2.24) is 0 Å². The highest BCUT2D eigenvalue weighted by molar-refractivity contribution is 6.78. The summed E-state index contributed by atoms with van der Waals surface area (Å²) in [6, 6.07) is 0. The van der Waals surface area contributed by atoms with Gasteiger partial charge in [-0.3, -0.25) is 0 Å². The van der Waals surface area contributed by atoms with Gasteiger partial charge in [-0.2, -0.15) is 0 Å². The molecule has 0 atom stereocenters. The fourth-order valence-corrected chi connectivity index (χ4v) is 7.01. The van der Waals surface area contributed by atoms with E-state index in [1.54, 1.807) is 7.11 Å². The fourth-order valence-electron chi connectivity index (χ4n) is 1.01. The Bertz CT molecular complexity index is 137. The lowest BCUT2D eigenvalue weighted by Gasteiger charge is -2.31. The highest BCUT2D eigenvalue weighted by Gasteiger charge is 2.35. The molecule has 0 aliphatic rings. The quantitative estimate of drug-likeness (QED) is 0.648. The van der Waals surface area contributed by atoms with Gasteiger partial charge in [0.25, 0.3) is 0 Å². The van der Waals surface area contributed by atoms with Gasteiger partial charge in [0, 0.05) is 13.7 Å². The molecular formula is C7H20O3Si2. The van der Waals surface area contributed by atoms with Gasteiger partial charge in [-0.1, -0.05) is 0 Å². The highest BCUT2D eigenvalue weighted by Crippen LogP contribution is 2.15. The maximum absolute atomic E-state index is 5.85. The van der Waals surface area contributed by atoms with E-state index in [-0.39, 0.29) is 0 Å². The molecule has 0 saturated carbocycles. The molecule has 0 rings (SSSR count). The molecule has 0 aromatic carbocycles. The van der Waals surface area contributed by atoms with Crippen LogP contribution in [0.5, 0.6) is 0 Å². The largest absolute Gasteiger partial charge is 0.415 e. The Morgan fingerprint density at radius 3 is 1.83 bits per heavy atom. The lowest BCUT2D eigenvalue weighted by atomic mass is 10.9. The van der Waals surface area contributed by atoms with E-state index in [2.05, 4.69) is 0 Å². The van der Waals surface area contributed by atoms with Crippen molar-refractivity contribution in [2.75, 3.05) is 13.7 Å². The van der Waals surface area contributed by atoms with Gasteiger partial charge in [0.2, 0.25) is 0 Å². The first-order chi connectivity index (χ1) is 5.33. The van der Waals surface area contributed by atoms with Crippen LogP contribution < -0.4 is 0 Å². The van der Waals surface area contributed by atoms with Crippen LogP contribution in [0.3, 0.4) is 0 Å². The molecule has 0 aromatic heterocycles. The van der Waals surface area contributed by atoms with Crippen molar-refractivity contribution < 1.29 is 13.0 Å². The van der Waals surface area contributed by atoms with Crippen LogP contribution >= 0.6 is 0 Å². The summed E-state index contributed by atoms with van der Waals surface area (Å²) < 4.78 is 16.7. The van der Waals surface area contributed by atoms with Crippen LogP contribution in [-0.4, -0.2) is 30.8 Å². The standard InChI is InChI=1S/C7H20O3Si2/c1-7-9-12(5,6)10-11(3,4)8-2/h7H2,1-6H3. The summed E-state index contributed by atoms with van der Waals surface area (Å²) in [5.74, 6) is 0. The molecule has 0 spiro atoms. The molecule has 0 aliphatic heterocycles. The van der Waals surface area contributed by atoms with Crippen LogP contribution in [0.15, 0.2) is 0 Å². The fraction of sp³-hybridized carbons (Fsp3) is 1.00. The van der Waals surface area contributed by atoms with E-state index in [1.165, 1.54) is 0 Å². The third-order valence-corrected chi connectivity index (χ3v) is 7.37. The lowest BCUT2D eigenvalue weighted by Crippen LogP contribution is -2.47. The van der Waals surface area contributed by atoms with Gasteiger partial charge in [-0.05, 0) is 33.1 Å². The van der Waals surface area contributed by atoms with Gasteiger partial charge in [-0.25, -0.2) is 0 Å². The maximum atomic E-state index is 5.85. The molecular weight excluding hydrogens is 188 g/mol. The molecule has 0 N–H and O–H groups in total. The average molecular weight is 208 g/mol. The second-order valence-electron chi connectivity index (χ2n) is 3.54. The number of hydrogen-bond donors (Lipinski definition) is 0. The third-order valence-electron chi connectivity index (χ3n) is 1.48. The molecule has 0 aromatic rings. The predicted octanol–water partition coefficient (Wildman–Crippen LogP) is 2.09. The Kier molecular flexibility index (Phi) is 4.64. The van der Waals surface area contributed by atoms with E-state index in [9.17, 15) is 0 Å². The van der Waals surface area contributed by atoms with Gasteiger partial charge < -0.3 is 13.0 Å². The highest BCUT2D eigenvalue weighted by atomic mass is 28.5. The summed E-state index contributed by atoms with van der Waals surface area (Å²) in [6.07, 6.45) is 0. The Labute approximate surface area is 77.5 Å². The zero-order valence-corrected chi connectivity index (χ0v) is 10.9. The summed E-state index contributed by atoms with van der Waals surface area (Å²) in [5, 5.41) is 0. The second kappa shape index (κ2) is 4.52. The van der Waals surface area contributed by atoms with Crippen molar-refractivity contribution in [2.45, 2.75) is 33.1 Å². The Balaban J connectivity index is 4.04. The molecule has 0 heterocycles. The first kappa shape index (κ1) is 12.3. The van der Waals surface area contributed by atoms with E-state index in [1.807, 2.05) is 33.1 Å². The normalized spacial score (nSPS) is 13.5. The summed E-state index contributed by atoms with van der Waals surface area (Å²) in [7, 11) is -2.14. The second-order valence-corrected chi connectivity index (χ2v) is 10.7. The molecule has 0 fully saturated rings. The number of hydrogen-bond acceptors (Lipinski definition) is 3. The van der Waals surface area contributed by atoms with Gasteiger partial charge in [0.15, 0.2) is 0 Å². The van der Waals surface area contributed by atoms with E-state index in [0.29, 0.717) is 6.61 Å². The van der Waals surface area contributed by atoms with Gasteiger partial charge in [0.1, 0.15) is 0 Å². The Morgan fingerprint density at radius 2 is 1.50 bits per heavy atom. The zero-order valence-electron chi connectivity index (χ0n) is 8.93. The minimum atomic E-state index is -1.92. The summed E-state index contributed by atoms with van der Waals surface area (Å²) in [6.45, 7) is 10.9.